The van der Waals surface area contributed by atoms with E-state index in [0.717, 1.165) is 50.4 Å². The van der Waals surface area contributed by atoms with Crippen molar-refractivity contribution in [3.05, 3.63) is 158 Å². The quantitative estimate of drug-likeness (QED) is 0.155. The Hall–Kier alpha value is -6.06. The second kappa shape index (κ2) is 10.3. The van der Waals surface area contributed by atoms with Crippen LogP contribution in [0.3, 0.4) is 0 Å². The Labute approximate surface area is 260 Å². The van der Waals surface area contributed by atoms with Gasteiger partial charge in [-0.25, -0.2) is 9.97 Å². The highest BCUT2D eigenvalue weighted by Gasteiger charge is 2.18. The van der Waals surface area contributed by atoms with Crippen molar-refractivity contribution in [3.63, 3.8) is 0 Å². The van der Waals surface area contributed by atoms with Crippen LogP contribution in [-0.4, -0.2) is 9.97 Å². The summed E-state index contributed by atoms with van der Waals surface area (Å²) in [5, 5.41) is 8.25. The van der Waals surface area contributed by atoms with Crippen LogP contribution in [0.4, 0.5) is 0 Å². The Morgan fingerprint density at radius 1 is 0.400 bits per heavy atom. The van der Waals surface area contributed by atoms with Crippen LogP contribution in [0.1, 0.15) is 0 Å². The monoisotopic (exact) mass is 574 g/mol. The largest absolute Gasteiger partial charge is 0.456 e. The lowest BCUT2D eigenvalue weighted by molar-refractivity contribution is 0.631. The second-order valence-electron chi connectivity index (χ2n) is 11.4. The average molecular weight is 575 g/mol. The molecule has 3 nitrogen and oxygen atoms in total. The highest BCUT2D eigenvalue weighted by Crippen LogP contribution is 2.41. The van der Waals surface area contributed by atoms with E-state index in [4.69, 9.17) is 14.4 Å². The predicted octanol–water partition coefficient (Wildman–Crippen LogP) is 11.4. The minimum absolute atomic E-state index is 0.693. The molecule has 0 unspecified atom stereocenters. The van der Waals surface area contributed by atoms with Crippen molar-refractivity contribution < 1.29 is 4.42 Å². The number of nitrogens with zero attached hydrogens (tertiary/aromatic N) is 2. The van der Waals surface area contributed by atoms with Gasteiger partial charge in [0.25, 0.3) is 0 Å². The molecule has 2 aromatic heterocycles. The highest BCUT2D eigenvalue weighted by molar-refractivity contribution is 6.21. The van der Waals surface area contributed by atoms with Crippen LogP contribution in [0.2, 0.25) is 0 Å². The summed E-state index contributed by atoms with van der Waals surface area (Å²) < 4.78 is 6.24. The molecule has 0 aliphatic carbocycles. The number of fused-ring (bicyclic) bond motifs is 5. The zero-order valence-corrected chi connectivity index (χ0v) is 24.3. The van der Waals surface area contributed by atoms with Gasteiger partial charge in [-0.1, -0.05) is 127 Å². The molecule has 0 saturated heterocycles. The molecule has 0 N–H and O–H groups in total. The van der Waals surface area contributed by atoms with Gasteiger partial charge in [0, 0.05) is 27.6 Å². The molecular formula is C42H26N2O. The third-order valence-electron chi connectivity index (χ3n) is 8.64. The average Bonchev–Trinajstić information content (AvgIpc) is 3.55. The zero-order chi connectivity index (χ0) is 29.7. The first-order valence-electron chi connectivity index (χ1n) is 15.2. The zero-order valence-electron chi connectivity index (χ0n) is 24.3. The number of para-hydroxylation sites is 1. The van der Waals surface area contributed by atoms with Gasteiger partial charge in [0.15, 0.2) is 5.82 Å². The van der Waals surface area contributed by atoms with Gasteiger partial charge in [0.05, 0.1) is 11.4 Å². The lowest BCUT2D eigenvalue weighted by Gasteiger charge is -2.16. The van der Waals surface area contributed by atoms with Gasteiger partial charge in [0.1, 0.15) is 11.3 Å². The van der Waals surface area contributed by atoms with Crippen LogP contribution in [0.15, 0.2) is 162 Å². The van der Waals surface area contributed by atoms with Gasteiger partial charge in [-0.15, -0.1) is 0 Å². The number of aromatic nitrogens is 2. The molecule has 0 atom stereocenters. The minimum atomic E-state index is 0.693. The van der Waals surface area contributed by atoms with Gasteiger partial charge in [-0.3, -0.25) is 0 Å². The van der Waals surface area contributed by atoms with Crippen LogP contribution in [0, 0.1) is 0 Å². The fourth-order valence-electron chi connectivity index (χ4n) is 6.50. The topological polar surface area (TPSA) is 38.9 Å². The lowest BCUT2D eigenvalue weighted by Crippen LogP contribution is -1.97. The molecule has 0 radical (unpaired) electrons. The summed E-state index contributed by atoms with van der Waals surface area (Å²) in [6, 6.07) is 55.0. The van der Waals surface area contributed by atoms with Crippen molar-refractivity contribution in [1.29, 1.82) is 0 Å². The number of rotatable bonds is 4. The molecule has 210 valence electrons. The third kappa shape index (κ3) is 4.37. The first kappa shape index (κ1) is 25.4. The molecule has 7 aromatic carbocycles. The van der Waals surface area contributed by atoms with Crippen molar-refractivity contribution in [2.75, 3.05) is 0 Å². The minimum Gasteiger partial charge on any atom is -0.456 e. The number of benzene rings is 7. The summed E-state index contributed by atoms with van der Waals surface area (Å²) in [5.74, 6) is 1.53. The number of hydrogen-bond acceptors (Lipinski definition) is 3. The first-order valence-corrected chi connectivity index (χ1v) is 15.2. The van der Waals surface area contributed by atoms with Gasteiger partial charge < -0.3 is 4.42 Å². The van der Waals surface area contributed by atoms with E-state index in [9.17, 15) is 0 Å². The van der Waals surface area contributed by atoms with E-state index in [1.54, 1.807) is 0 Å². The van der Waals surface area contributed by atoms with Crippen molar-refractivity contribution in [2.24, 2.45) is 0 Å². The van der Waals surface area contributed by atoms with Crippen LogP contribution in [0.25, 0.3) is 88.5 Å². The van der Waals surface area contributed by atoms with Gasteiger partial charge in [-0.2, -0.15) is 0 Å². The van der Waals surface area contributed by atoms with Gasteiger partial charge in [-0.05, 0) is 62.6 Å². The molecule has 0 fully saturated rings. The predicted molar refractivity (Wildman–Crippen MR) is 186 cm³/mol. The Balaban J connectivity index is 1.33. The summed E-state index contributed by atoms with van der Waals surface area (Å²) >= 11 is 0. The van der Waals surface area contributed by atoms with Gasteiger partial charge >= 0.3 is 0 Å². The molecule has 9 aromatic rings. The molecule has 45 heavy (non-hydrogen) atoms. The van der Waals surface area contributed by atoms with Crippen LogP contribution < -0.4 is 0 Å². The highest BCUT2D eigenvalue weighted by atomic mass is 16.3. The standard InChI is InChI=1S/C42H26N2O/c1-2-12-28(13-3-1)42-43-36(30-16-10-17-31(24-30)39-25-32-15-6-9-20-38(32)45-39)26-37(44-42)41-35-19-8-5-14-29(35)23-33-22-21-27-11-4-7-18-34(27)40(33)41/h1-26H. The summed E-state index contributed by atoms with van der Waals surface area (Å²) in [6.07, 6.45) is 0. The molecule has 0 bridgehead atoms. The second-order valence-corrected chi connectivity index (χ2v) is 11.4. The van der Waals surface area contributed by atoms with Crippen LogP contribution in [-0.2, 0) is 0 Å². The Morgan fingerprint density at radius 2 is 1.07 bits per heavy atom. The Bertz CT molecular complexity index is 2510. The summed E-state index contributed by atoms with van der Waals surface area (Å²) in [4.78, 5) is 10.4. The maximum Gasteiger partial charge on any atom is 0.160 e. The fraction of sp³-hybridized carbons (Fsp3) is 0. The van der Waals surface area contributed by atoms with Crippen molar-refractivity contribution in [2.45, 2.75) is 0 Å². The van der Waals surface area contributed by atoms with Gasteiger partial charge in [0.2, 0.25) is 0 Å². The molecule has 0 spiro atoms. The van der Waals surface area contributed by atoms with E-state index in [0.29, 0.717) is 5.82 Å². The third-order valence-corrected chi connectivity index (χ3v) is 8.64. The molecule has 0 saturated carbocycles. The fourth-order valence-corrected chi connectivity index (χ4v) is 6.50. The molecule has 0 aliphatic heterocycles. The Morgan fingerprint density at radius 3 is 1.93 bits per heavy atom. The van der Waals surface area contributed by atoms with Crippen molar-refractivity contribution in [3.8, 4) is 45.2 Å². The molecule has 0 aliphatic rings. The molecular weight excluding hydrogens is 548 g/mol. The molecule has 3 heteroatoms. The van der Waals surface area contributed by atoms with Crippen molar-refractivity contribution in [1.82, 2.24) is 9.97 Å². The summed E-state index contributed by atoms with van der Waals surface area (Å²) in [5.41, 5.74) is 6.74. The summed E-state index contributed by atoms with van der Waals surface area (Å²) in [7, 11) is 0. The smallest absolute Gasteiger partial charge is 0.160 e. The SMILES string of the molecule is c1ccc(-c2nc(-c3cccc(-c4cc5ccccc5o4)c3)cc(-c3c4ccccc4cc4ccc5ccccc5c34)n2)cc1. The number of furan rings is 1. The van der Waals surface area contributed by atoms with E-state index >= 15 is 0 Å². The van der Waals surface area contributed by atoms with E-state index in [-0.39, 0.29) is 0 Å². The first-order chi connectivity index (χ1) is 22.3. The van der Waals surface area contributed by atoms with Crippen LogP contribution >= 0.6 is 0 Å². The van der Waals surface area contributed by atoms with E-state index in [2.05, 4.69) is 121 Å². The lowest BCUT2D eigenvalue weighted by atomic mass is 9.90. The number of hydrogen-bond donors (Lipinski definition) is 0. The Kier molecular flexibility index (Phi) is 5.82. The normalized spacial score (nSPS) is 11.6. The molecule has 2 heterocycles. The van der Waals surface area contributed by atoms with Crippen LogP contribution in [0.5, 0.6) is 0 Å². The van der Waals surface area contributed by atoms with E-state index in [1.165, 1.54) is 32.3 Å². The molecule has 9 rings (SSSR count). The summed E-state index contributed by atoms with van der Waals surface area (Å²) in [6.45, 7) is 0. The molecule has 0 amide bonds. The van der Waals surface area contributed by atoms with E-state index in [1.807, 2.05) is 36.4 Å². The maximum atomic E-state index is 6.24. The van der Waals surface area contributed by atoms with E-state index < -0.39 is 0 Å². The maximum absolute atomic E-state index is 6.24. The van der Waals surface area contributed by atoms with Crippen molar-refractivity contribution >= 4 is 43.3 Å².